The number of para-hydroxylation sites is 1. The highest BCUT2D eigenvalue weighted by Crippen LogP contribution is 2.25. The molecule has 0 amide bonds. The number of benzene rings is 1. The number of anilines is 1. The highest BCUT2D eigenvalue weighted by Gasteiger charge is 2.18. The molecule has 0 aliphatic carbocycles. The normalized spacial score (nSPS) is 16.6. The van der Waals surface area contributed by atoms with E-state index >= 15 is 0 Å². The van der Waals surface area contributed by atoms with Crippen LogP contribution in [0.25, 0.3) is 11.0 Å². The Kier molecular flexibility index (Phi) is 2.57. The van der Waals surface area contributed by atoms with Gasteiger partial charge in [0.1, 0.15) is 5.52 Å². The molecule has 6 heteroatoms. The minimum Gasteiger partial charge on any atom is -0.378 e. The number of nitrogens with zero attached hydrogens (tertiary/aromatic N) is 3. The van der Waals surface area contributed by atoms with E-state index in [1.54, 1.807) is 0 Å². The van der Waals surface area contributed by atoms with E-state index in [1.165, 1.54) is 0 Å². The van der Waals surface area contributed by atoms with E-state index in [1.807, 2.05) is 22.9 Å². The summed E-state index contributed by atoms with van der Waals surface area (Å²) in [5.41, 5.74) is 7.65. The number of halogens is 1. The fraction of sp³-hybridized carbons (Fsp3) is 0.364. The highest BCUT2D eigenvalue weighted by molar-refractivity contribution is 6.35. The Morgan fingerprint density at radius 1 is 1.29 bits per heavy atom. The van der Waals surface area contributed by atoms with Crippen LogP contribution in [-0.4, -0.2) is 36.0 Å². The van der Waals surface area contributed by atoms with Gasteiger partial charge in [-0.3, -0.25) is 0 Å². The third-order valence-corrected chi connectivity index (χ3v) is 3.21. The average Bonchev–Trinajstić information content (AvgIpc) is 2.68. The summed E-state index contributed by atoms with van der Waals surface area (Å²) in [6, 6.07) is 5.70. The predicted molar refractivity (Wildman–Crippen MR) is 67.9 cm³/mol. The van der Waals surface area contributed by atoms with Gasteiger partial charge in [-0.1, -0.05) is 17.7 Å². The zero-order valence-corrected chi connectivity index (χ0v) is 10.0. The van der Waals surface area contributed by atoms with E-state index in [2.05, 4.69) is 9.99 Å². The van der Waals surface area contributed by atoms with Crippen LogP contribution in [0.5, 0.6) is 0 Å². The van der Waals surface area contributed by atoms with E-state index in [0.29, 0.717) is 24.2 Å². The zero-order chi connectivity index (χ0) is 11.8. The molecular weight excluding hydrogens is 240 g/mol. The number of aromatic nitrogens is 2. The third-order valence-electron chi connectivity index (χ3n) is 2.91. The molecule has 0 spiro atoms. The van der Waals surface area contributed by atoms with Crippen LogP contribution < -0.4 is 10.7 Å². The van der Waals surface area contributed by atoms with Gasteiger partial charge in [0.2, 0.25) is 5.95 Å². The molecule has 1 saturated heterocycles. The number of hydrogen-bond donors (Lipinski definition) is 1. The largest absolute Gasteiger partial charge is 0.378 e. The average molecular weight is 253 g/mol. The molecular formula is C11H13ClN4O. The second-order valence-electron chi connectivity index (χ2n) is 3.96. The first-order valence-electron chi connectivity index (χ1n) is 5.53. The molecule has 0 unspecified atom stereocenters. The molecule has 90 valence electrons. The van der Waals surface area contributed by atoms with E-state index in [-0.39, 0.29) is 0 Å². The quantitative estimate of drug-likeness (QED) is 0.830. The maximum atomic E-state index is 6.11. The van der Waals surface area contributed by atoms with Crippen LogP contribution >= 0.6 is 11.6 Å². The number of hydrogen-bond acceptors (Lipinski definition) is 4. The van der Waals surface area contributed by atoms with Crippen molar-refractivity contribution in [3.63, 3.8) is 0 Å². The molecule has 0 bridgehead atoms. The van der Waals surface area contributed by atoms with Crippen LogP contribution in [0, 0.1) is 0 Å². The van der Waals surface area contributed by atoms with Gasteiger partial charge in [-0.05, 0) is 12.1 Å². The number of rotatable bonds is 1. The van der Waals surface area contributed by atoms with Crippen molar-refractivity contribution in [3.05, 3.63) is 23.2 Å². The number of imidazole rings is 1. The second-order valence-corrected chi connectivity index (χ2v) is 4.36. The summed E-state index contributed by atoms with van der Waals surface area (Å²) in [4.78, 5) is 4.31. The molecule has 2 heterocycles. The SMILES string of the molecule is Nc1nc2c(Cl)cccc2n1N1CCOCC1. The van der Waals surface area contributed by atoms with E-state index in [0.717, 1.165) is 24.1 Å². The summed E-state index contributed by atoms with van der Waals surface area (Å²) in [6.45, 7) is 3.03. The predicted octanol–water partition coefficient (Wildman–Crippen LogP) is 1.24. The number of morpholine rings is 1. The third kappa shape index (κ3) is 1.71. The Morgan fingerprint density at radius 3 is 2.82 bits per heavy atom. The molecule has 1 aromatic heterocycles. The van der Waals surface area contributed by atoms with Crippen molar-refractivity contribution >= 4 is 28.6 Å². The van der Waals surface area contributed by atoms with Crippen molar-refractivity contribution in [1.29, 1.82) is 0 Å². The van der Waals surface area contributed by atoms with Crippen molar-refractivity contribution in [2.75, 3.05) is 37.0 Å². The fourth-order valence-electron chi connectivity index (χ4n) is 2.12. The van der Waals surface area contributed by atoms with E-state index in [9.17, 15) is 0 Å². The maximum Gasteiger partial charge on any atom is 0.220 e. The summed E-state index contributed by atoms with van der Waals surface area (Å²) in [6.07, 6.45) is 0. The molecule has 1 aromatic carbocycles. The van der Waals surface area contributed by atoms with Crippen LogP contribution in [0.3, 0.4) is 0 Å². The van der Waals surface area contributed by atoms with Gasteiger partial charge >= 0.3 is 0 Å². The van der Waals surface area contributed by atoms with E-state index < -0.39 is 0 Å². The molecule has 1 aliphatic heterocycles. The summed E-state index contributed by atoms with van der Waals surface area (Å²) < 4.78 is 7.25. The monoisotopic (exact) mass is 252 g/mol. The van der Waals surface area contributed by atoms with Gasteiger partial charge in [0, 0.05) is 0 Å². The highest BCUT2D eigenvalue weighted by atomic mass is 35.5. The van der Waals surface area contributed by atoms with Crippen LogP contribution in [0.15, 0.2) is 18.2 Å². The van der Waals surface area contributed by atoms with Gasteiger partial charge in [-0.2, -0.15) is 0 Å². The smallest absolute Gasteiger partial charge is 0.220 e. The first-order valence-corrected chi connectivity index (χ1v) is 5.90. The first kappa shape index (κ1) is 10.7. The van der Waals surface area contributed by atoms with Gasteiger partial charge in [-0.15, -0.1) is 0 Å². The molecule has 17 heavy (non-hydrogen) atoms. The molecule has 2 aromatic rings. The van der Waals surface area contributed by atoms with Crippen LogP contribution in [0.4, 0.5) is 5.95 Å². The second kappa shape index (κ2) is 4.09. The van der Waals surface area contributed by atoms with E-state index in [4.69, 9.17) is 22.1 Å². The summed E-state index contributed by atoms with van der Waals surface area (Å²) >= 11 is 6.11. The van der Waals surface area contributed by atoms with Gasteiger partial charge in [0.25, 0.3) is 0 Å². The number of nitrogen functional groups attached to an aromatic ring is 1. The lowest BCUT2D eigenvalue weighted by Crippen LogP contribution is -2.44. The Balaban J connectivity index is 2.14. The molecule has 1 fully saturated rings. The molecule has 5 nitrogen and oxygen atoms in total. The number of nitrogens with two attached hydrogens (primary N) is 1. The number of ether oxygens (including phenoxy) is 1. The molecule has 0 atom stereocenters. The fourth-order valence-corrected chi connectivity index (χ4v) is 2.33. The van der Waals surface area contributed by atoms with Crippen molar-refractivity contribution < 1.29 is 4.74 Å². The summed E-state index contributed by atoms with van der Waals surface area (Å²) in [5, 5.41) is 2.76. The minimum atomic E-state index is 0.468. The minimum absolute atomic E-state index is 0.468. The zero-order valence-electron chi connectivity index (χ0n) is 9.27. The van der Waals surface area contributed by atoms with Crippen molar-refractivity contribution in [1.82, 2.24) is 9.66 Å². The number of fused-ring (bicyclic) bond motifs is 1. The first-order chi connectivity index (χ1) is 8.27. The lowest BCUT2D eigenvalue weighted by atomic mass is 10.3. The van der Waals surface area contributed by atoms with Gasteiger partial charge in [0.15, 0.2) is 0 Å². The molecule has 0 saturated carbocycles. The van der Waals surface area contributed by atoms with Crippen LogP contribution in [0.2, 0.25) is 5.02 Å². The molecule has 3 rings (SSSR count). The Bertz CT molecular complexity index is 548. The van der Waals surface area contributed by atoms with Gasteiger partial charge in [-0.25, -0.2) is 9.66 Å². The maximum absolute atomic E-state index is 6.11. The lowest BCUT2D eigenvalue weighted by molar-refractivity contribution is 0.112. The Labute approximate surface area is 104 Å². The molecule has 2 N–H and O–H groups in total. The van der Waals surface area contributed by atoms with Crippen molar-refractivity contribution in [2.45, 2.75) is 0 Å². The Hall–Kier alpha value is -1.46. The van der Waals surface area contributed by atoms with Crippen LogP contribution in [0.1, 0.15) is 0 Å². The van der Waals surface area contributed by atoms with Gasteiger partial charge in [0.05, 0.1) is 36.8 Å². The van der Waals surface area contributed by atoms with Crippen LogP contribution in [-0.2, 0) is 4.74 Å². The standard InChI is InChI=1S/C11H13ClN4O/c12-8-2-1-3-9-10(8)14-11(13)16(9)15-4-6-17-7-5-15/h1-3H,4-7H2,(H2,13,14). The topological polar surface area (TPSA) is 56.3 Å². The molecule has 0 radical (unpaired) electrons. The summed E-state index contributed by atoms with van der Waals surface area (Å²) in [7, 11) is 0. The summed E-state index contributed by atoms with van der Waals surface area (Å²) in [5.74, 6) is 0.468. The Morgan fingerprint density at radius 2 is 2.06 bits per heavy atom. The lowest BCUT2D eigenvalue weighted by Gasteiger charge is -2.30. The molecule has 1 aliphatic rings. The van der Waals surface area contributed by atoms with Gasteiger partial charge < -0.3 is 15.5 Å². The van der Waals surface area contributed by atoms with Crippen molar-refractivity contribution in [2.24, 2.45) is 0 Å². The van der Waals surface area contributed by atoms with Crippen molar-refractivity contribution in [3.8, 4) is 0 Å².